The van der Waals surface area contributed by atoms with Crippen molar-refractivity contribution in [3.8, 4) is 0 Å². The van der Waals surface area contributed by atoms with E-state index in [9.17, 15) is 4.79 Å². The van der Waals surface area contributed by atoms with Crippen LogP contribution in [0.5, 0.6) is 0 Å². The predicted octanol–water partition coefficient (Wildman–Crippen LogP) is 3.13. The summed E-state index contributed by atoms with van der Waals surface area (Å²) in [7, 11) is 0. The fourth-order valence-corrected chi connectivity index (χ4v) is 2.26. The summed E-state index contributed by atoms with van der Waals surface area (Å²) in [5.41, 5.74) is 3.67. The van der Waals surface area contributed by atoms with E-state index in [0.717, 1.165) is 22.5 Å². The number of nitrogens with one attached hydrogen (secondary N) is 1. The first-order valence-electron chi connectivity index (χ1n) is 6.88. The van der Waals surface area contributed by atoms with Gasteiger partial charge in [-0.25, -0.2) is 0 Å². The van der Waals surface area contributed by atoms with Gasteiger partial charge in [0.15, 0.2) is 0 Å². The number of anilines is 1. The highest BCUT2D eigenvalue weighted by molar-refractivity contribution is 6.06. The molecule has 0 unspecified atom stereocenters. The van der Waals surface area contributed by atoms with E-state index >= 15 is 0 Å². The van der Waals surface area contributed by atoms with E-state index in [0.29, 0.717) is 6.42 Å². The molecule has 1 N–H and O–H groups in total. The van der Waals surface area contributed by atoms with E-state index in [1.54, 1.807) is 0 Å². The second-order valence-corrected chi connectivity index (χ2v) is 5.06. The molecule has 2 aromatic carbocycles. The highest BCUT2D eigenvalue weighted by Crippen LogP contribution is 2.18. The highest BCUT2D eigenvalue weighted by atomic mass is 16.6. The molecule has 3 rings (SSSR count). The number of nitrogens with zero attached hydrogens (tertiary/aromatic N) is 1. The first-order chi connectivity index (χ1) is 10.2. The van der Waals surface area contributed by atoms with Crippen molar-refractivity contribution in [2.45, 2.75) is 19.4 Å². The number of hydrogen-bond donors (Lipinski definition) is 1. The minimum Gasteiger partial charge on any atom is -0.382 e. The van der Waals surface area contributed by atoms with Crippen LogP contribution in [-0.4, -0.2) is 17.7 Å². The van der Waals surface area contributed by atoms with Crippen molar-refractivity contribution in [3.05, 3.63) is 65.7 Å². The molecule has 0 radical (unpaired) electrons. The molecule has 0 aliphatic carbocycles. The Morgan fingerprint density at radius 1 is 1.19 bits per heavy atom. The molecule has 0 bridgehead atoms. The summed E-state index contributed by atoms with van der Waals surface area (Å²) < 4.78 is 0. The lowest BCUT2D eigenvalue weighted by Gasteiger charge is -2.09. The molecule has 1 aliphatic heterocycles. The van der Waals surface area contributed by atoms with Crippen molar-refractivity contribution in [2.75, 3.05) is 5.32 Å². The van der Waals surface area contributed by atoms with Crippen molar-refractivity contribution in [1.29, 1.82) is 0 Å². The molecule has 0 aromatic heterocycles. The second kappa shape index (κ2) is 5.79. The van der Waals surface area contributed by atoms with E-state index in [1.165, 1.54) is 0 Å². The van der Waals surface area contributed by atoms with Crippen LogP contribution < -0.4 is 5.32 Å². The minimum absolute atomic E-state index is 0.171. The average Bonchev–Trinajstić information content (AvgIpc) is 2.98. The molecule has 1 aliphatic rings. The van der Waals surface area contributed by atoms with Crippen molar-refractivity contribution in [1.82, 2.24) is 0 Å². The van der Waals surface area contributed by atoms with Gasteiger partial charge in [0.25, 0.3) is 5.91 Å². The third kappa shape index (κ3) is 3.11. The first-order valence-corrected chi connectivity index (χ1v) is 6.88. The Morgan fingerprint density at radius 3 is 2.76 bits per heavy atom. The average molecular weight is 280 g/mol. The number of benzene rings is 2. The van der Waals surface area contributed by atoms with E-state index in [1.807, 2.05) is 61.5 Å². The number of aryl methyl sites for hydroxylation is 1. The summed E-state index contributed by atoms with van der Waals surface area (Å²) in [6, 6.07) is 17.4. The third-order valence-corrected chi connectivity index (χ3v) is 3.35. The predicted molar refractivity (Wildman–Crippen MR) is 82.3 cm³/mol. The smallest absolute Gasteiger partial charge is 0.268 e. The Balaban J connectivity index is 1.64. The Morgan fingerprint density at radius 2 is 2.00 bits per heavy atom. The van der Waals surface area contributed by atoms with Crippen LogP contribution in [0.1, 0.15) is 17.5 Å². The molecule has 2 aromatic rings. The summed E-state index contributed by atoms with van der Waals surface area (Å²) >= 11 is 0. The number of hydrogen-bond acceptors (Lipinski definition) is 3. The molecule has 4 heteroatoms. The van der Waals surface area contributed by atoms with Crippen LogP contribution in [0.4, 0.5) is 5.69 Å². The van der Waals surface area contributed by atoms with E-state index in [4.69, 9.17) is 4.84 Å². The maximum atomic E-state index is 12.2. The molecule has 1 heterocycles. The normalized spacial score (nSPS) is 17.0. The zero-order valence-corrected chi connectivity index (χ0v) is 11.7. The van der Waals surface area contributed by atoms with Crippen LogP contribution in [0.15, 0.2) is 59.8 Å². The minimum atomic E-state index is -0.569. The van der Waals surface area contributed by atoms with Crippen molar-refractivity contribution < 1.29 is 9.63 Å². The molecule has 0 saturated carbocycles. The molecule has 0 fully saturated rings. The van der Waals surface area contributed by atoms with Gasteiger partial charge in [0.1, 0.15) is 0 Å². The second-order valence-electron chi connectivity index (χ2n) is 5.06. The van der Waals surface area contributed by atoms with Gasteiger partial charge < -0.3 is 10.2 Å². The maximum Gasteiger partial charge on any atom is 0.268 e. The Kier molecular flexibility index (Phi) is 3.69. The Labute approximate surface area is 123 Å². The van der Waals surface area contributed by atoms with Gasteiger partial charge >= 0.3 is 0 Å². The van der Waals surface area contributed by atoms with Crippen LogP contribution in [-0.2, 0) is 9.63 Å². The van der Waals surface area contributed by atoms with Crippen LogP contribution in [0, 0.1) is 6.92 Å². The molecule has 1 atom stereocenters. The summed E-state index contributed by atoms with van der Waals surface area (Å²) in [5.74, 6) is -0.171. The molecule has 106 valence electrons. The number of rotatable bonds is 3. The largest absolute Gasteiger partial charge is 0.382 e. The number of carbonyl (C=O) groups excluding carboxylic acids is 1. The van der Waals surface area contributed by atoms with E-state index < -0.39 is 6.10 Å². The number of carbonyl (C=O) groups is 1. The fourth-order valence-electron chi connectivity index (χ4n) is 2.26. The van der Waals surface area contributed by atoms with Crippen LogP contribution in [0.3, 0.4) is 0 Å². The maximum absolute atomic E-state index is 12.2. The molecular weight excluding hydrogens is 264 g/mol. The summed E-state index contributed by atoms with van der Waals surface area (Å²) in [6.45, 7) is 1.98. The third-order valence-electron chi connectivity index (χ3n) is 3.35. The van der Waals surface area contributed by atoms with Crippen LogP contribution in [0.2, 0.25) is 0 Å². The number of oxime groups is 1. The summed E-state index contributed by atoms with van der Waals surface area (Å²) in [5, 5.41) is 6.88. The zero-order valence-electron chi connectivity index (χ0n) is 11.7. The van der Waals surface area contributed by atoms with Gasteiger partial charge in [-0.3, -0.25) is 4.79 Å². The van der Waals surface area contributed by atoms with Crippen LogP contribution in [0.25, 0.3) is 0 Å². The van der Waals surface area contributed by atoms with Gasteiger partial charge in [0, 0.05) is 12.1 Å². The summed E-state index contributed by atoms with van der Waals surface area (Å²) in [6.07, 6.45) is -0.0810. The molecule has 0 spiro atoms. The monoisotopic (exact) mass is 280 g/mol. The van der Waals surface area contributed by atoms with Gasteiger partial charge in [0.2, 0.25) is 6.10 Å². The zero-order chi connectivity index (χ0) is 14.7. The van der Waals surface area contributed by atoms with E-state index in [-0.39, 0.29) is 5.91 Å². The Bertz CT molecular complexity index is 680. The molecular formula is C17H16N2O2. The van der Waals surface area contributed by atoms with E-state index in [2.05, 4.69) is 10.5 Å². The van der Waals surface area contributed by atoms with Gasteiger partial charge in [0.05, 0.1) is 5.71 Å². The topological polar surface area (TPSA) is 50.7 Å². The van der Waals surface area contributed by atoms with Crippen LogP contribution >= 0.6 is 0 Å². The van der Waals surface area contributed by atoms with Gasteiger partial charge in [-0.2, -0.15) is 0 Å². The van der Waals surface area contributed by atoms with Crippen molar-refractivity contribution >= 4 is 17.3 Å². The van der Waals surface area contributed by atoms with Crippen molar-refractivity contribution in [3.63, 3.8) is 0 Å². The molecule has 21 heavy (non-hydrogen) atoms. The standard InChI is InChI=1S/C17H16N2O2/c1-12-6-5-9-14(10-12)18-17(20)16-11-15(19-21-16)13-7-3-2-4-8-13/h2-10,16H,11H2,1H3,(H,18,20)/t16-/m0/s1. The lowest BCUT2D eigenvalue weighted by molar-refractivity contribution is -0.125. The van der Waals surface area contributed by atoms with Gasteiger partial charge in [-0.15, -0.1) is 0 Å². The highest BCUT2D eigenvalue weighted by Gasteiger charge is 2.28. The molecule has 1 amide bonds. The Hall–Kier alpha value is -2.62. The SMILES string of the molecule is Cc1cccc(NC(=O)[C@@H]2CC(c3ccccc3)=NO2)c1. The lowest BCUT2D eigenvalue weighted by Crippen LogP contribution is -2.28. The fraction of sp³-hybridized carbons (Fsp3) is 0.176. The van der Waals surface area contributed by atoms with Gasteiger partial charge in [-0.1, -0.05) is 47.6 Å². The van der Waals surface area contributed by atoms with Crippen molar-refractivity contribution in [2.24, 2.45) is 5.16 Å². The molecule has 4 nitrogen and oxygen atoms in total. The number of amides is 1. The lowest BCUT2D eigenvalue weighted by atomic mass is 10.0. The quantitative estimate of drug-likeness (QED) is 0.939. The first kappa shape index (κ1) is 13.4. The van der Waals surface area contributed by atoms with Gasteiger partial charge in [-0.05, 0) is 30.2 Å². The summed E-state index contributed by atoms with van der Waals surface area (Å²) in [4.78, 5) is 17.5. The molecule has 0 saturated heterocycles.